The van der Waals surface area contributed by atoms with Gasteiger partial charge in [0.2, 0.25) is 0 Å². The number of anilines is 3. The molecule has 1 N–H and O–H groups in total. The zero-order chi connectivity index (χ0) is 19.3. The van der Waals surface area contributed by atoms with Crippen LogP contribution in [0.25, 0.3) is 0 Å². The van der Waals surface area contributed by atoms with Crippen LogP contribution >= 0.6 is 0 Å². The highest BCUT2D eigenvalue weighted by molar-refractivity contribution is 5.68. The molecule has 3 aromatic rings. The number of para-hydroxylation sites is 1. The van der Waals surface area contributed by atoms with E-state index in [0.29, 0.717) is 0 Å². The van der Waals surface area contributed by atoms with Crippen molar-refractivity contribution in [3.05, 3.63) is 66.0 Å². The van der Waals surface area contributed by atoms with E-state index < -0.39 is 0 Å². The van der Waals surface area contributed by atoms with Crippen LogP contribution in [0.3, 0.4) is 0 Å². The summed E-state index contributed by atoms with van der Waals surface area (Å²) in [6, 6.07) is 16.5. The summed E-state index contributed by atoms with van der Waals surface area (Å²) >= 11 is 0. The van der Waals surface area contributed by atoms with E-state index >= 15 is 0 Å². The predicted octanol–water partition coefficient (Wildman–Crippen LogP) is 3.84. The minimum atomic E-state index is 0.741. The largest absolute Gasteiger partial charge is 0.493 e. The molecule has 1 aromatic heterocycles. The van der Waals surface area contributed by atoms with Crippen molar-refractivity contribution in [1.29, 1.82) is 0 Å². The Bertz CT molecular complexity index is 961. The molecule has 0 saturated carbocycles. The number of fused-ring (bicyclic) bond motifs is 1. The molecule has 0 amide bonds. The van der Waals surface area contributed by atoms with Crippen LogP contribution in [0.1, 0.15) is 11.1 Å². The fourth-order valence-corrected chi connectivity index (χ4v) is 3.54. The Hall–Kier alpha value is -3.28. The van der Waals surface area contributed by atoms with Crippen molar-refractivity contribution in [2.45, 2.75) is 12.8 Å². The summed E-state index contributed by atoms with van der Waals surface area (Å²) in [5, 5.41) is 3.40. The van der Waals surface area contributed by atoms with Crippen LogP contribution in [0.15, 0.2) is 54.9 Å². The van der Waals surface area contributed by atoms with E-state index in [0.717, 1.165) is 49.1 Å². The highest BCUT2D eigenvalue weighted by Gasteiger charge is 2.20. The number of methoxy groups -OCH3 is 2. The molecule has 144 valence electrons. The molecule has 4 rings (SSSR count). The molecule has 0 unspecified atom stereocenters. The molecular formula is C22H24N4O2. The van der Waals surface area contributed by atoms with Crippen molar-refractivity contribution in [3.8, 4) is 11.5 Å². The van der Waals surface area contributed by atoms with Crippen molar-refractivity contribution >= 4 is 17.3 Å². The summed E-state index contributed by atoms with van der Waals surface area (Å²) < 4.78 is 10.7. The van der Waals surface area contributed by atoms with Gasteiger partial charge in [0.1, 0.15) is 18.0 Å². The third-order valence-corrected chi connectivity index (χ3v) is 4.98. The van der Waals surface area contributed by atoms with Crippen LogP contribution in [-0.4, -0.2) is 37.3 Å². The first-order valence-electron chi connectivity index (χ1n) is 9.41. The minimum absolute atomic E-state index is 0.741. The van der Waals surface area contributed by atoms with Gasteiger partial charge in [-0.15, -0.1) is 0 Å². The van der Waals surface area contributed by atoms with Crippen molar-refractivity contribution < 1.29 is 9.47 Å². The average Bonchev–Trinajstić information content (AvgIpc) is 3.18. The van der Waals surface area contributed by atoms with E-state index in [2.05, 4.69) is 50.5 Å². The first kappa shape index (κ1) is 18.1. The molecule has 6 heteroatoms. The van der Waals surface area contributed by atoms with Crippen LogP contribution in [0.5, 0.6) is 11.5 Å². The maximum atomic E-state index is 5.37. The van der Waals surface area contributed by atoms with Gasteiger partial charge in [0.05, 0.1) is 14.2 Å². The first-order valence-corrected chi connectivity index (χ1v) is 9.41. The molecular weight excluding hydrogens is 352 g/mol. The van der Waals surface area contributed by atoms with Gasteiger partial charge in [0.25, 0.3) is 0 Å². The SMILES string of the molecule is COc1ccc(CCNc2cc(N3CCc4ccccc43)ncn2)cc1OC. The molecule has 1 aliphatic rings. The molecule has 0 spiro atoms. The summed E-state index contributed by atoms with van der Waals surface area (Å²) in [4.78, 5) is 11.1. The molecule has 6 nitrogen and oxygen atoms in total. The normalized spacial score (nSPS) is 12.6. The molecule has 0 radical (unpaired) electrons. The number of benzene rings is 2. The van der Waals surface area contributed by atoms with Crippen LogP contribution in [-0.2, 0) is 12.8 Å². The maximum Gasteiger partial charge on any atom is 0.160 e. The second kappa shape index (κ2) is 8.17. The summed E-state index contributed by atoms with van der Waals surface area (Å²) in [6.07, 6.45) is 3.52. The number of rotatable bonds is 7. The van der Waals surface area contributed by atoms with Gasteiger partial charge in [-0.3, -0.25) is 0 Å². The highest BCUT2D eigenvalue weighted by Crippen LogP contribution is 2.33. The number of ether oxygens (including phenoxy) is 2. The Morgan fingerprint density at radius 1 is 1.00 bits per heavy atom. The fraction of sp³-hybridized carbons (Fsp3) is 0.273. The quantitative estimate of drug-likeness (QED) is 0.676. The summed E-state index contributed by atoms with van der Waals surface area (Å²) in [7, 11) is 3.29. The Morgan fingerprint density at radius 2 is 1.86 bits per heavy atom. The number of aromatic nitrogens is 2. The van der Waals surface area contributed by atoms with Crippen molar-refractivity contribution in [2.24, 2.45) is 0 Å². The van der Waals surface area contributed by atoms with E-state index in [1.165, 1.54) is 16.8 Å². The van der Waals surface area contributed by atoms with Gasteiger partial charge in [0.15, 0.2) is 11.5 Å². The fourth-order valence-electron chi connectivity index (χ4n) is 3.54. The van der Waals surface area contributed by atoms with Gasteiger partial charge < -0.3 is 19.7 Å². The van der Waals surface area contributed by atoms with E-state index in [4.69, 9.17) is 9.47 Å². The van der Waals surface area contributed by atoms with E-state index in [1.807, 2.05) is 18.2 Å². The summed E-state index contributed by atoms with van der Waals surface area (Å²) in [5.41, 5.74) is 3.77. The predicted molar refractivity (Wildman–Crippen MR) is 111 cm³/mol. The highest BCUT2D eigenvalue weighted by atomic mass is 16.5. The Morgan fingerprint density at radius 3 is 2.71 bits per heavy atom. The zero-order valence-corrected chi connectivity index (χ0v) is 16.2. The van der Waals surface area contributed by atoms with Crippen molar-refractivity contribution in [2.75, 3.05) is 37.5 Å². The van der Waals surface area contributed by atoms with Crippen LogP contribution < -0.4 is 19.7 Å². The van der Waals surface area contributed by atoms with Gasteiger partial charge in [-0.05, 0) is 42.2 Å². The standard InChI is InChI=1S/C22H24N4O2/c1-27-19-8-7-16(13-20(19)28-2)9-11-23-21-14-22(25-15-24-21)26-12-10-17-5-3-4-6-18(17)26/h3-8,13-15H,9-12H2,1-2H3,(H,23,24,25). The van der Waals surface area contributed by atoms with Gasteiger partial charge in [-0.1, -0.05) is 24.3 Å². The van der Waals surface area contributed by atoms with Gasteiger partial charge in [-0.25, -0.2) is 9.97 Å². The minimum Gasteiger partial charge on any atom is -0.493 e. The van der Waals surface area contributed by atoms with Crippen LogP contribution in [0, 0.1) is 0 Å². The van der Waals surface area contributed by atoms with E-state index in [9.17, 15) is 0 Å². The molecule has 0 atom stereocenters. The lowest BCUT2D eigenvalue weighted by Crippen LogP contribution is -2.15. The third kappa shape index (κ3) is 3.71. The van der Waals surface area contributed by atoms with E-state index in [1.54, 1.807) is 20.5 Å². The monoisotopic (exact) mass is 376 g/mol. The topological polar surface area (TPSA) is 59.5 Å². The Balaban J connectivity index is 1.41. The number of hydrogen-bond donors (Lipinski definition) is 1. The Kier molecular flexibility index (Phi) is 5.28. The smallest absolute Gasteiger partial charge is 0.160 e. The van der Waals surface area contributed by atoms with Crippen molar-refractivity contribution in [1.82, 2.24) is 9.97 Å². The second-order valence-electron chi connectivity index (χ2n) is 6.66. The molecule has 28 heavy (non-hydrogen) atoms. The van der Waals surface area contributed by atoms with Crippen LogP contribution in [0.2, 0.25) is 0 Å². The van der Waals surface area contributed by atoms with Crippen LogP contribution in [0.4, 0.5) is 17.3 Å². The molecule has 2 aromatic carbocycles. The van der Waals surface area contributed by atoms with Gasteiger partial charge >= 0.3 is 0 Å². The Labute approximate surface area is 165 Å². The molecule has 2 heterocycles. The van der Waals surface area contributed by atoms with Crippen molar-refractivity contribution in [3.63, 3.8) is 0 Å². The average molecular weight is 376 g/mol. The molecule has 0 aliphatic carbocycles. The lowest BCUT2D eigenvalue weighted by atomic mass is 10.1. The molecule has 0 bridgehead atoms. The molecule has 0 fully saturated rings. The lowest BCUT2D eigenvalue weighted by Gasteiger charge is -2.18. The lowest BCUT2D eigenvalue weighted by molar-refractivity contribution is 0.354. The number of nitrogens with zero attached hydrogens (tertiary/aromatic N) is 3. The molecule has 0 saturated heterocycles. The first-order chi connectivity index (χ1) is 13.8. The summed E-state index contributed by atoms with van der Waals surface area (Å²) in [6.45, 7) is 1.71. The van der Waals surface area contributed by atoms with E-state index in [-0.39, 0.29) is 0 Å². The zero-order valence-electron chi connectivity index (χ0n) is 16.2. The third-order valence-electron chi connectivity index (χ3n) is 4.98. The second-order valence-corrected chi connectivity index (χ2v) is 6.66. The number of nitrogens with one attached hydrogen (secondary N) is 1. The number of hydrogen-bond acceptors (Lipinski definition) is 6. The molecule has 1 aliphatic heterocycles. The summed E-state index contributed by atoms with van der Waals surface area (Å²) in [5.74, 6) is 3.24. The maximum absolute atomic E-state index is 5.37. The van der Waals surface area contributed by atoms with Gasteiger partial charge in [0, 0.05) is 24.8 Å². The van der Waals surface area contributed by atoms with Gasteiger partial charge in [-0.2, -0.15) is 0 Å².